The first kappa shape index (κ1) is 11.5. The van der Waals surface area contributed by atoms with Crippen LogP contribution in [0, 0.1) is 0 Å². The average molecular weight is 284 g/mol. The van der Waals surface area contributed by atoms with E-state index in [4.69, 9.17) is 11.6 Å². The van der Waals surface area contributed by atoms with Crippen molar-refractivity contribution in [3.63, 3.8) is 0 Å². The van der Waals surface area contributed by atoms with Gasteiger partial charge in [-0.15, -0.1) is 0 Å². The highest BCUT2D eigenvalue weighted by Crippen LogP contribution is 2.28. The third-order valence-corrected chi connectivity index (χ3v) is 2.56. The van der Waals surface area contributed by atoms with Crippen molar-refractivity contribution in [2.24, 2.45) is 0 Å². The fourth-order valence-electron chi connectivity index (χ4n) is 1.01. The number of aromatic nitrogens is 1. The number of carbonyl (C=O) groups is 1. The highest BCUT2D eigenvalue weighted by molar-refractivity contribution is 9.08. The molecule has 0 unspecified atom stereocenters. The predicted molar refractivity (Wildman–Crippen MR) is 52.2 cm³/mol. The van der Waals surface area contributed by atoms with Crippen LogP contribution in [0.3, 0.4) is 0 Å². The number of carbonyl (C=O) groups excluding carboxylic acids is 1. The molecule has 0 aliphatic rings. The number of alkyl halides is 3. The minimum Gasteiger partial charge on any atom is -0.298 e. The zero-order valence-electron chi connectivity index (χ0n) is 6.81. The molecule has 1 rings (SSSR count). The Balaban J connectivity index is 3.40. The SMILES string of the molecule is O=Cc1c(Cl)ncc(C(F)F)c1CBr. The Kier molecular flexibility index (Phi) is 3.95. The molecule has 6 heteroatoms. The lowest BCUT2D eigenvalue weighted by Gasteiger charge is -2.08. The molecule has 0 radical (unpaired) electrons. The van der Waals surface area contributed by atoms with E-state index >= 15 is 0 Å². The van der Waals surface area contributed by atoms with Crippen molar-refractivity contribution in [2.45, 2.75) is 11.8 Å². The minimum absolute atomic E-state index is 0.0151. The van der Waals surface area contributed by atoms with E-state index in [1.165, 1.54) is 0 Å². The Bertz CT molecular complexity index is 359. The second-order valence-electron chi connectivity index (χ2n) is 2.45. The van der Waals surface area contributed by atoms with Gasteiger partial charge in [0.05, 0.1) is 5.56 Å². The number of aldehydes is 1. The first-order chi connectivity index (χ1) is 6.61. The fourth-order valence-corrected chi connectivity index (χ4v) is 1.84. The molecular formula is C8H5BrClF2NO. The van der Waals surface area contributed by atoms with Crippen molar-refractivity contribution < 1.29 is 13.6 Å². The lowest BCUT2D eigenvalue weighted by Crippen LogP contribution is -2.01. The quantitative estimate of drug-likeness (QED) is 0.484. The van der Waals surface area contributed by atoms with E-state index in [0.29, 0.717) is 6.29 Å². The molecule has 0 saturated heterocycles. The van der Waals surface area contributed by atoms with Crippen LogP contribution in [0.5, 0.6) is 0 Å². The summed E-state index contributed by atoms with van der Waals surface area (Å²) in [5.41, 5.74) is -0.0651. The highest BCUT2D eigenvalue weighted by atomic mass is 79.9. The molecule has 1 aromatic heterocycles. The molecule has 0 aliphatic carbocycles. The van der Waals surface area contributed by atoms with Gasteiger partial charge in [-0.05, 0) is 5.56 Å². The Labute approximate surface area is 92.4 Å². The number of halogens is 4. The minimum atomic E-state index is -2.66. The van der Waals surface area contributed by atoms with Gasteiger partial charge in [-0.25, -0.2) is 13.8 Å². The van der Waals surface area contributed by atoms with Gasteiger partial charge in [0.25, 0.3) is 6.43 Å². The summed E-state index contributed by atoms with van der Waals surface area (Å²) in [4.78, 5) is 14.1. The van der Waals surface area contributed by atoms with Gasteiger partial charge in [-0.2, -0.15) is 0 Å². The summed E-state index contributed by atoms with van der Waals surface area (Å²) in [5.74, 6) is 0. The normalized spacial score (nSPS) is 10.6. The molecular weight excluding hydrogens is 279 g/mol. The summed E-state index contributed by atoms with van der Waals surface area (Å²) in [6, 6.07) is 0. The van der Waals surface area contributed by atoms with Crippen LogP contribution in [0.25, 0.3) is 0 Å². The molecule has 0 bridgehead atoms. The maximum absolute atomic E-state index is 12.4. The number of pyridine rings is 1. The topological polar surface area (TPSA) is 30.0 Å². The van der Waals surface area contributed by atoms with Crippen molar-refractivity contribution in [1.29, 1.82) is 0 Å². The summed E-state index contributed by atoms with van der Waals surface area (Å²) in [6.45, 7) is 0. The maximum atomic E-state index is 12.4. The van der Waals surface area contributed by atoms with Crippen LogP contribution in [-0.2, 0) is 5.33 Å². The van der Waals surface area contributed by atoms with E-state index < -0.39 is 6.43 Å². The summed E-state index contributed by atoms with van der Waals surface area (Å²) in [5, 5.41) is 0.0852. The summed E-state index contributed by atoms with van der Waals surface area (Å²) >= 11 is 8.60. The third-order valence-electron chi connectivity index (χ3n) is 1.70. The number of rotatable bonds is 3. The molecule has 0 aliphatic heterocycles. The zero-order valence-corrected chi connectivity index (χ0v) is 9.15. The van der Waals surface area contributed by atoms with Gasteiger partial charge in [0.15, 0.2) is 6.29 Å². The van der Waals surface area contributed by atoms with Crippen molar-refractivity contribution in [2.75, 3.05) is 0 Å². The first-order valence-corrected chi connectivity index (χ1v) is 5.08. The third kappa shape index (κ3) is 2.09. The van der Waals surface area contributed by atoms with Crippen molar-refractivity contribution >= 4 is 33.8 Å². The molecule has 2 nitrogen and oxygen atoms in total. The van der Waals surface area contributed by atoms with Crippen LogP contribution >= 0.6 is 27.5 Å². The Morgan fingerprint density at radius 1 is 1.64 bits per heavy atom. The van der Waals surface area contributed by atoms with Crippen molar-refractivity contribution in [3.8, 4) is 0 Å². The molecule has 14 heavy (non-hydrogen) atoms. The van der Waals surface area contributed by atoms with E-state index in [9.17, 15) is 13.6 Å². The van der Waals surface area contributed by atoms with Crippen LogP contribution in [0.4, 0.5) is 8.78 Å². The van der Waals surface area contributed by atoms with E-state index in [2.05, 4.69) is 20.9 Å². The van der Waals surface area contributed by atoms with Gasteiger partial charge in [0, 0.05) is 17.1 Å². The van der Waals surface area contributed by atoms with Gasteiger partial charge in [-0.3, -0.25) is 4.79 Å². The molecule has 1 heterocycles. The molecule has 0 amide bonds. The van der Waals surface area contributed by atoms with Crippen molar-refractivity contribution in [1.82, 2.24) is 4.98 Å². The Morgan fingerprint density at radius 3 is 2.71 bits per heavy atom. The van der Waals surface area contributed by atoms with Crippen LogP contribution < -0.4 is 0 Å². The standard InChI is InChI=1S/C8H5BrClF2NO/c9-1-4-5(8(11)12)2-13-7(10)6(4)3-14/h2-3,8H,1H2. The van der Waals surface area contributed by atoms with Gasteiger partial charge in [-0.1, -0.05) is 27.5 Å². The molecule has 0 aromatic carbocycles. The van der Waals surface area contributed by atoms with Gasteiger partial charge in [0.1, 0.15) is 5.15 Å². The van der Waals surface area contributed by atoms with Crippen LogP contribution in [0.15, 0.2) is 6.20 Å². The molecule has 0 spiro atoms. The molecule has 0 atom stereocenters. The van der Waals surface area contributed by atoms with E-state index in [0.717, 1.165) is 6.20 Å². The van der Waals surface area contributed by atoms with Crippen molar-refractivity contribution in [3.05, 3.63) is 28.0 Å². The molecule has 76 valence electrons. The monoisotopic (exact) mass is 283 g/mol. The highest BCUT2D eigenvalue weighted by Gasteiger charge is 2.18. The van der Waals surface area contributed by atoms with Gasteiger partial charge in [0.2, 0.25) is 0 Å². The predicted octanol–water partition coefficient (Wildman–Crippen LogP) is 3.38. The Hall–Kier alpha value is -0.550. The summed E-state index contributed by atoms with van der Waals surface area (Å²) in [7, 11) is 0. The molecule has 0 fully saturated rings. The average Bonchev–Trinajstić information content (AvgIpc) is 2.16. The molecule has 0 N–H and O–H groups in total. The Morgan fingerprint density at radius 2 is 2.29 bits per heavy atom. The summed E-state index contributed by atoms with van der Waals surface area (Å²) < 4.78 is 24.9. The number of hydrogen-bond acceptors (Lipinski definition) is 2. The fraction of sp³-hybridized carbons (Fsp3) is 0.250. The van der Waals surface area contributed by atoms with Crippen LogP contribution in [0.2, 0.25) is 5.15 Å². The van der Waals surface area contributed by atoms with E-state index in [1.807, 2.05) is 0 Å². The van der Waals surface area contributed by atoms with E-state index in [1.54, 1.807) is 0 Å². The molecule has 1 aromatic rings. The second kappa shape index (κ2) is 4.79. The molecule has 0 saturated carbocycles. The zero-order chi connectivity index (χ0) is 10.7. The van der Waals surface area contributed by atoms with Crippen LogP contribution in [0.1, 0.15) is 27.9 Å². The smallest absolute Gasteiger partial charge is 0.265 e. The van der Waals surface area contributed by atoms with Gasteiger partial charge >= 0.3 is 0 Å². The number of hydrogen-bond donors (Lipinski definition) is 0. The largest absolute Gasteiger partial charge is 0.298 e. The van der Waals surface area contributed by atoms with Gasteiger partial charge < -0.3 is 0 Å². The van der Waals surface area contributed by atoms with E-state index in [-0.39, 0.29) is 27.2 Å². The second-order valence-corrected chi connectivity index (χ2v) is 3.37. The van der Waals surface area contributed by atoms with Crippen LogP contribution in [-0.4, -0.2) is 11.3 Å². The maximum Gasteiger partial charge on any atom is 0.265 e. The first-order valence-electron chi connectivity index (χ1n) is 3.58. The lowest BCUT2D eigenvalue weighted by atomic mass is 10.1. The number of nitrogens with zero attached hydrogens (tertiary/aromatic N) is 1. The summed E-state index contributed by atoms with van der Waals surface area (Å²) in [6.07, 6.45) is -1.25. The lowest BCUT2D eigenvalue weighted by molar-refractivity contribution is 0.112.